The Bertz CT molecular complexity index is 1030. The van der Waals surface area contributed by atoms with Gasteiger partial charge < -0.3 is 20.6 Å². The molecule has 3 atom stereocenters. The SMILES string of the molecule is CCCCCCCCCCCCCCCCCCCCCCCC/C=C/C(O)C(CO)NC(=O)CC(O)CCCCCCCCCCCCCCCCCCCCCCCCCCCCCCCCCCC. The molecular formula is C67H133NO4. The minimum Gasteiger partial charge on any atom is -0.394 e. The lowest BCUT2D eigenvalue weighted by Gasteiger charge is -2.21. The highest BCUT2D eigenvalue weighted by molar-refractivity contribution is 5.76. The molecule has 1 amide bonds. The summed E-state index contributed by atoms with van der Waals surface area (Å²) in [5, 5.41) is 33.6. The molecule has 0 fully saturated rings. The Morgan fingerprint density at radius 2 is 0.569 bits per heavy atom. The van der Waals surface area contributed by atoms with Gasteiger partial charge in [0.1, 0.15) is 0 Å². The Hall–Kier alpha value is -0.910. The van der Waals surface area contributed by atoms with Crippen LogP contribution in [-0.2, 0) is 4.79 Å². The number of amides is 1. The van der Waals surface area contributed by atoms with Crippen LogP contribution in [0.25, 0.3) is 0 Å². The van der Waals surface area contributed by atoms with Gasteiger partial charge in [-0.25, -0.2) is 0 Å². The third-order valence-electron chi connectivity index (χ3n) is 16.1. The molecule has 0 radical (unpaired) electrons. The summed E-state index contributed by atoms with van der Waals surface area (Å²) in [6.45, 7) is 4.27. The highest BCUT2D eigenvalue weighted by Crippen LogP contribution is 2.19. The number of hydrogen-bond acceptors (Lipinski definition) is 4. The van der Waals surface area contributed by atoms with Crippen molar-refractivity contribution in [2.24, 2.45) is 0 Å². The Morgan fingerprint density at radius 1 is 0.347 bits per heavy atom. The summed E-state index contributed by atoms with van der Waals surface area (Å²) in [7, 11) is 0. The van der Waals surface area contributed by atoms with Crippen LogP contribution in [0.3, 0.4) is 0 Å². The van der Waals surface area contributed by atoms with Crippen molar-refractivity contribution in [3.63, 3.8) is 0 Å². The number of carbonyl (C=O) groups excluding carboxylic acids is 1. The normalized spacial score (nSPS) is 13.1. The Balaban J connectivity index is 3.46. The fraction of sp³-hybridized carbons (Fsp3) is 0.955. The summed E-state index contributed by atoms with van der Waals surface area (Å²) in [5.74, 6) is -0.306. The highest BCUT2D eigenvalue weighted by atomic mass is 16.3. The molecule has 0 aromatic heterocycles. The maximum atomic E-state index is 12.6. The van der Waals surface area contributed by atoms with E-state index in [1.54, 1.807) is 6.08 Å². The molecule has 430 valence electrons. The van der Waals surface area contributed by atoms with E-state index in [1.807, 2.05) is 6.08 Å². The van der Waals surface area contributed by atoms with Gasteiger partial charge in [-0.15, -0.1) is 0 Å². The van der Waals surface area contributed by atoms with E-state index in [9.17, 15) is 20.1 Å². The fourth-order valence-electron chi connectivity index (χ4n) is 11.0. The fourth-order valence-corrected chi connectivity index (χ4v) is 11.0. The molecule has 0 aliphatic rings. The van der Waals surface area contributed by atoms with Crippen molar-refractivity contribution in [1.82, 2.24) is 5.32 Å². The van der Waals surface area contributed by atoms with Crippen LogP contribution in [0.1, 0.15) is 386 Å². The Labute approximate surface area is 452 Å². The third-order valence-corrected chi connectivity index (χ3v) is 16.1. The zero-order valence-electron chi connectivity index (χ0n) is 49.4. The topological polar surface area (TPSA) is 89.8 Å². The maximum absolute atomic E-state index is 12.6. The third kappa shape index (κ3) is 58.4. The van der Waals surface area contributed by atoms with E-state index in [0.717, 1.165) is 25.7 Å². The minimum atomic E-state index is -0.927. The molecule has 72 heavy (non-hydrogen) atoms. The highest BCUT2D eigenvalue weighted by Gasteiger charge is 2.20. The molecule has 0 aromatic rings. The molecule has 4 N–H and O–H groups in total. The van der Waals surface area contributed by atoms with E-state index in [0.29, 0.717) is 6.42 Å². The number of aliphatic hydroxyl groups is 3. The van der Waals surface area contributed by atoms with E-state index >= 15 is 0 Å². The monoisotopic (exact) mass is 1020 g/mol. The van der Waals surface area contributed by atoms with Gasteiger partial charge >= 0.3 is 0 Å². The summed E-state index contributed by atoms with van der Waals surface area (Å²) in [6.07, 6.45) is 80.3. The smallest absolute Gasteiger partial charge is 0.222 e. The maximum Gasteiger partial charge on any atom is 0.222 e. The molecule has 0 bridgehead atoms. The summed E-state index contributed by atoms with van der Waals surface area (Å²) in [5.41, 5.74) is 0. The molecule has 5 heteroatoms. The molecule has 0 heterocycles. The quantitative estimate of drug-likeness (QED) is 0.0361. The first-order chi connectivity index (χ1) is 35.5. The lowest BCUT2D eigenvalue weighted by molar-refractivity contribution is -0.124. The summed E-state index contributed by atoms with van der Waals surface area (Å²) < 4.78 is 0. The largest absolute Gasteiger partial charge is 0.394 e. The van der Waals surface area contributed by atoms with Gasteiger partial charge in [-0.05, 0) is 19.3 Å². The van der Waals surface area contributed by atoms with Crippen LogP contribution in [-0.4, -0.2) is 46.1 Å². The first-order valence-corrected chi connectivity index (χ1v) is 33.5. The molecule has 3 unspecified atom stereocenters. The van der Waals surface area contributed by atoms with Gasteiger partial charge in [0.25, 0.3) is 0 Å². The van der Waals surface area contributed by atoms with Gasteiger partial charge in [0.15, 0.2) is 0 Å². The summed E-state index contributed by atoms with van der Waals surface area (Å²) in [6, 6.07) is -0.742. The molecule has 0 aromatic carbocycles. The first kappa shape index (κ1) is 71.1. The van der Waals surface area contributed by atoms with Gasteiger partial charge in [-0.1, -0.05) is 373 Å². The van der Waals surface area contributed by atoms with Crippen LogP contribution >= 0.6 is 0 Å². The van der Waals surface area contributed by atoms with Crippen LogP contribution in [0.2, 0.25) is 0 Å². The predicted octanol–water partition coefficient (Wildman–Crippen LogP) is 21.4. The lowest BCUT2D eigenvalue weighted by atomic mass is 10.0. The molecule has 0 aliphatic heterocycles. The Kier molecular flexibility index (Phi) is 61.8. The minimum absolute atomic E-state index is 0.0199. The number of allylic oxidation sites excluding steroid dienone is 1. The van der Waals surface area contributed by atoms with Gasteiger partial charge in [0, 0.05) is 0 Å². The molecule has 0 rings (SSSR count). The molecule has 0 aliphatic carbocycles. The van der Waals surface area contributed by atoms with E-state index < -0.39 is 18.2 Å². The number of carbonyl (C=O) groups is 1. The van der Waals surface area contributed by atoms with Crippen LogP contribution in [0.15, 0.2) is 12.2 Å². The summed E-state index contributed by atoms with van der Waals surface area (Å²) >= 11 is 0. The lowest BCUT2D eigenvalue weighted by Crippen LogP contribution is -2.45. The summed E-state index contributed by atoms with van der Waals surface area (Å²) in [4.78, 5) is 12.6. The standard InChI is InChI=1S/C67H133NO4/c1-3-5-7-9-11-13-15-17-19-21-23-25-27-29-30-31-32-33-34-35-36-37-38-40-42-44-46-48-50-52-54-56-58-60-64(70)62-67(72)68-65(63-69)66(71)61-59-57-55-53-51-49-47-45-43-41-39-28-26-24-22-20-18-16-14-12-10-8-6-4-2/h59,61,64-66,69-71H,3-58,60,62-63H2,1-2H3,(H,68,72)/b61-59+. The number of aliphatic hydroxyl groups excluding tert-OH is 3. The molecular weight excluding hydrogens is 883 g/mol. The van der Waals surface area contributed by atoms with Crippen molar-refractivity contribution >= 4 is 5.91 Å². The second kappa shape index (κ2) is 62.6. The number of nitrogens with one attached hydrogen (secondary N) is 1. The second-order valence-corrected chi connectivity index (χ2v) is 23.4. The van der Waals surface area contributed by atoms with Crippen molar-refractivity contribution in [2.45, 2.75) is 405 Å². The molecule has 0 saturated heterocycles. The average Bonchev–Trinajstić information content (AvgIpc) is 3.38. The van der Waals surface area contributed by atoms with E-state index in [-0.39, 0.29) is 18.9 Å². The van der Waals surface area contributed by atoms with Crippen LogP contribution in [0, 0.1) is 0 Å². The molecule has 5 nitrogen and oxygen atoms in total. The predicted molar refractivity (Wildman–Crippen MR) is 319 cm³/mol. The van der Waals surface area contributed by atoms with E-state index in [4.69, 9.17) is 0 Å². The van der Waals surface area contributed by atoms with Crippen LogP contribution in [0.4, 0.5) is 0 Å². The number of hydrogen-bond donors (Lipinski definition) is 4. The molecule has 0 spiro atoms. The van der Waals surface area contributed by atoms with Crippen molar-refractivity contribution in [2.75, 3.05) is 6.61 Å². The van der Waals surface area contributed by atoms with Gasteiger partial charge in [-0.2, -0.15) is 0 Å². The van der Waals surface area contributed by atoms with Crippen molar-refractivity contribution in [3.8, 4) is 0 Å². The first-order valence-electron chi connectivity index (χ1n) is 33.5. The zero-order valence-corrected chi connectivity index (χ0v) is 49.4. The number of unbranched alkanes of at least 4 members (excludes halogenated alkanes) is 54. The second-order valence-electron chi connectivity index (χ2n) is 23.4. The van der Waals surface area contributed by atoms with E-state index in [1.165, 1.54) is 334 Å². The van der Waals surface area contributed by atoms with E-state index in [2.05, 4.69) is 19.2 Å². The van der Waals surface area contributed by atoms with Gasteiger partial charge in [0.2, 0.25) is 5.91 Å². The van der Waals surface area contributed by atoms with Gasteiger partial charge in [0.05, 0.1) is 31.3 Å². The Morgan fingerprint density at radius 3 is 0.806 bits per heavy atom. The van der Waals surface area contributed by atoms with Crippen molar-refractivity contribution in [1.29, 1.82) is 0 Å². The average molecular weight is 1020 g/mol. The van der Waals surface area contributed by atoms with Gasteiger partial charge in [-0.3, -0.25) is 4.79 Å². The zero-order chi connectivity index (χ0) is 52.2. The van der Waals surface area contributed by atoms with Crippen LogP contribution < -0.4 is 5.32 Å². The van der Waals surface area contributed by atoms with Crippen molar-refractivity contribution < 1.29 is 20.1 Å². The molecule has 0 saturated carbocycles. The van der Waals surface area contributed by atoms with Crippen molar-refractivity contribution in [3.05, 3.63) is 12.2 Å². The number of rotatable bonds is 63. The van der Waals surface area contributed by atoms with Crippen LogP contribution in [0.5, 0.6) is 0 Å².